The van der Waals surface area contributed by atoms with Gasteiger partial charge in [-0.05, 0) is 19.4 Å². The van der Waals surface area contributed by atoms with E-state index < -0.39 is 0 Å². The molecule has 1 aliphatic rings. The quantitative estimate of drug-likeness (QED) is 0.843. The predicted octanol–water partition coefficient (Wildman–Crippen LogP) is 0.974. The third-order valence-corrected chi connectivity index (χ3v) is 4.30. The summed E-state index contributed by atoms with van der Waals surface area (Å²) in [5, 5.41) is 4.42. The number of aryl methyl sites for hydroxylation is 2. The van der Waals surface area contributed by atoms with Gasteiger partial charge in [-0.25, -0.2) is 0 Å². The van der Waals surface area contributed by atoms with Crippen molar-refractivity contribution in [2.24, 2.45) is 12.8 Å². The summed E-state index contributed by atoms with van der Waals surface area (Å²) in [6, 6.07) is 2.76. The van der Waals surface area contributed by atoms with Crippen molar-refractivity contribution in [2.45, 2.75) is 39.3 Å². The highest BCUT2D eigenvalue weighted by Gasteiger charge is 2.22. The molecule has 0 aliphatic carbocycles. The maximum absolute atomic E-state index is 5.90. The van der Waals surface area contributed by atoms with Gasteiger partial charge in [-0.15, -0.1) is 0 Å². The van der Waals surface area contributed by atoms with Crippen molar-refractivity contribution in [2.75, 3.05) is 32.7 Å². The number of rotatable bonds is 6. The molecule has 5 heteroatoms. The first kappa shape index (κ1) is 15.5. The molecule has 2 N–H and O–H groups in total. The van der Waals surface area contributed by atoms with Crippen LogP contribution in [0.15, 0.2) is 6.07 Å². The second-order valence-electron chi connectivity index (χ2n) is 5.89. The van der Waals surface area contributed by atoms with Crippen molar-refractivity contribution >= 4 is 0 Å². The van der Waals surface area contributed by atoms with Crippen molar-refractivity contribution < 1.29 is 0 Å². The standard InChI is InChI=1S/C15H29N5/c1-4-5-14(11-16)20-8-6-19(7-9-20)12-15-10-13(2)17-18(15)3/h10,14H,4-9,11-12,16H2,1-3H3. The molecule has 1 aromatic rings. The number of piperazine rings is 1. The van der Waals surface area contributed by atoms with E-state index >= 15 is 0 Å². The van der Waals surface area contributed by atoms with Crippen molar-refractivity contribution in [3.05, 3.63) is 17.5 Å². The Labute approximate surface area is 122 Å². The lowest BCUT2D eigenvalue weighted by molar-refractivity contribution is 0.0891. The Bertz CT molecular complexity index is 406. The molecule has 0 amide bonds. The molecular formula is C15H29N5. The molecule has 0 bridgehead atoms. The molecule has 2 heterocycles. The van der Waals surface area contributed by atoms with E-state index in [1.165, 1.54) is 18.5 Å². The van der Waals surface area contributed by atoms with Crippen molar-refractivity contribution in [1.82, 2.24) is 19.6 Å². The molecule has 2 rings (SSSR count). The van der Waals surface area contributed by atoms with Gasteiger partial charge >= 0.3 is 0 Å². The first-order valence-corrected chi connectivity index (χ1v) is 7.80. The van der Waals surface area contributed by atoms with Crippen LogP contribution in [-0.2, 0) is 13.6 Å². The van der Waals surface area contributed by atoms with E-state index in [1.807, 2.05) is 11.7 Å². The normalized spacial score (nSPS) is 19.4. The molecule has 1 unspecified atom stereocenters. The Morgan fingerprint density at radius 2 is 2.00 bits per heavy atom. The second-order valence-corrected chi connectivity index (χ2v) is 5.89. The lowest BCUT2D eigenvalue weighted by atomic mass is 10.1. The zero-order valence-electron chi connectivity index (χ0n) is 13.2. The minimum absolute atomic E-state index is 0.570. The van der Waals surface area contributed by atoms with E-state index in [9.17, 15) is 0 Å². The Morgan fingerprint density at radius 1 is 1.30 bits per heavy atom. The average molecular weight is 279 g/mol. The lowest BCUT2D eigenvalue weighted by Crippen LogP contribution is -2.52. The zero-order valence-corrected chi connectivity index (χ0v) is 13.2. The smallest absolute Gasteiger partial charge is 0.0597 e. The van der Waals surface area contributed by atoms with Crippen molar-refractivity contribution in [1.29, 1.82) is 0 Å². The number of nitrogens with zero attached hydrogens (tertiary/aromatic N) is 4. The van der Waals surface area contributed by atoms with E-state index in [0.717, 1.165) is 45.0 Å². The molecule has 1 saturated heterocycles. The van der Waals surface area contributed by atoms with Gasteiger partial charge in [0.2, 0.25) is 0 Å². The van der Waals surface area contributed by atoms with Gasteiger partial charge in [0.05, 0.1) is 11.4 Å². The first-order chi connectivity index (χ1) is 9.63. The summed E-state index contributed by atoms with van der Waals surface area (Å²) in [7, 11) is 2.03. The maximum atomic E-state index is 5.90. The second kappa shape index (κ2) is 7.20. The molecule has 5 nitrogen and oxygen atoms in total. The first-order valence-electron chi connectivity index (χ1n) is 7.80. The third-order valence-electron chi connectivity index (χ3n) is 4.30. The summed E-state index contributed by atoms with van der Waals surface area (Å²) in [6.07, 6.45) is 2.44. The van der Waals surface area contributed by atoms with Gasteiger partial charge < -0.3 is 5.73 Å². The molecule has 0 saturated carbocycles. The van der Waals surface area contributed by atoms with Crippen LogP contribution >= 0.6 is 0 Å². The van der Waals surface area contributed by atoms with Gasteiger partial charge in [-0.3, -0.25) is 14.5 Å². The number of aromatic nitrogens is 2. The minimum Gasteiger partial charge on any atom is -0.329 e. The van der Waals surface area contributed by atoms with Gasteiger partial charge in [0, 0.05) is 52.4 Å². The van der Waals surface area contributed by atoms with Crippen LogP contribution in [-0.4, -0.2) is 58.3 Å². The highest BCUT2D eigenvalue weighted by molar-refractivity contribution is 5.08. The molecule has 20 heavy (non-hydrogen) atoms. The summed E-state index contributed by atoms with van der Waals surface area (Å²) in [4.78, 5) is 5.08. The van der Waals surface area contributed by atoms with Crippen LogP contribution < -0.4 is 5.73 Å². The molecule has 1 fully saturated rings. The van der Waals surface area contributed by atoms with Crippen molar-refractivity contribution in [3.8, 4) is 0 Å². The molecule has 114 valence electrons. The Kier molecular flexibility index (Phi) is 5.57. The van der Waals surface area contributed by atoms with Crippen molar-refractivity contribution in [3.63, 3.8) is 0 Å². The fourth-order valence-electron chi connectivity index (χ4n) is 3.11. The molecule has 0 spiro atoms. The van der Waals surface area contributed by atoms with Crippen LogP contribution in [0.25, 0.3) is 0 Å². The SMILES string of the molecule is CCCC(CN)N1CCN(Cc2cc(C)nn2C)CC1. The summed E-state index contributed by atoms with van der Waals surface area (Å²) < 4.78 is 2.00. The van der Waals surface area contributed by atoms with Crippen LogP contribution in [0.5, 0.6) is 0 Å². The van der Waals surface area contributed by atoms with Crippen LogP contribution in [0.2, 0.25) is 0 Å². The summed E-state index contributed by atoms with van der Waals surface area (Å²) in [5.74, 6) is 0. The molecule has 1 aliphatic heterocycles. The monoisotopic (exact) mass is 279 g/mol. The Balaban J connectivity index is 1.83. The van der Waals surface area contributed by atoms with Crippen LogP contribution in [0, 0.1) is 6.92 Å². The topological polar surface area (TPSA) is 50.3 Å². The van der Waals surface area contributed by atoms with Gasteiger partial charge in [0.25, 0.3) is 0 Å². The molecular weight excluding hydrogens is 250 g/mol. The summed E-state index contributed by atoms with van der Waals surface area (Å²) in [6.45, 7) is 10.6. The van der Waals surface area contributed by atoms with E-state index in [-0.39, 0.29) is 0 Å². The van der Waals surface area contributed by atoms with Gasteiger partial charge in [0.1, 0.15) is 0 Å². The highest BCUT2D eigenvalue weighted by Crippen LogP contribution is 2.13. The maximum Gasteiger partial charge on any atom is 0.0597 e. The van der Waals surface area contributed by atoms with Gasteiger partial charge in [0.15, 0.2) is 0 Å². The Hall–Kier alpha value is -0.910. The van der Waals surface area contributed by atoms with Crippen LogP contribution in [0.4, 0.5) is 0 Å². The van der Waals surface area contributed by atoms with E-state index in [1.54, 1.807) is 0 Å². The Morgan fingerprint density at radius 3 is 2.50 bits per heavy atom. The zero-order chi connectivity index (χ0) is 14.5. The van der Waals surface area contributed by atoms with E-state index in [0.29, 0.717) is 6.04 Å². The highest BCUT2D eigenvalue weighted by atomic mass is 15.3. The molecule has 0 aromatic carbocycles. The van der Waals surface area contributed by atoms with E-state index in [4.69, 9.17) is 5.73 Å². The lowest BCUT2D eigenvalue weighted by Gasteiger charge is -2.39. The van der Waals surface area contributed by atoms with Crippen LogP contribution in [0.1, 0.15) is 31.2 Å². The molecule has 1 atom stereocenters. The fraction of sp³-hybridized carbons (Fsp3) is 0.800. The van der Waals surface area contributed by atoms with E-state index in [2.05, 4.69) is 34.8 Å². The predicted molar refractivity (Wildman–Crippen MR) is 82.5 cm³/mol. The number of nitrogens with two attached hydrogens (primary N) is 1. The average Bonchev–Trinajstić information content (AvgIpc) is 2.75. The molecule has 0 radical (unpaired) electrons. The van der Waals surface area contributed by atoms with Gasteiger partial charge in [-0.2, -0.15) is 5.10 Å². The summed E-state index contributed by atoms with van der Waals surface area (Å²) >= 11 is 0. The number of hydrogen-bond donors (Lipinski definition) is 1. The fourth-order valence-corrected chi connectivity index (χ4v) is 3.11. The largest absolute Gasteiger partial charge is 0.329 e. The van der Waals surface area contributed by atoms with Gasteiger partial charge in [-0.1, -0.05) is 13.3 Å². The number of hydrogen-bond acceptors (Lipinski definition) is 4. The molecule has 1 aromatic heterocycles. The third kappa shape index (κ3) is 3.81. The minimum atomic E-state index is 0.570. The van der Waals surface area contributed by atoms with Crippen LogP contribution in [0.3, 0.4) is 0 Å². The summed E-state index contributed by atoms with van der Waals surface area (Å²) in [5.41, 5.74) is 8.31.